The minimum absolute atomic E-state index is 0.142. The van der Waals surface area contributed by atoms with Crippen molar-refractivity contribution in [3.05, 3.63) is 34.9 Å². The van der Waals surface area contributed by atoms with E-state index in [9.17, 15) is 14.4 Å². The normalized spacial score (nSPS) is 9.85. The van der Waals surface area contributed by atoms with E-state index in [1.165, 1.54) is 0 Å². The van der Waals surface area contributed by atoms with Gasteiger partial charge < -0.3 is 16.8 Å². The van der Waals surface area contributed by atoms with Crippen molar-refractivity contribution in [2.24, 2.45) is 11.5 Å². The van der Waals surface area contributed by atoms with Crippen LogP contribution in [-0.2, 0) is 11.3 Å². The van der Waals surface area contributed by atoms with Crippen LogP contribution in [0.5, 0.6) is 0 Å². The van der Waals surface area contributed by atoms with Crippen LogP contribution in [0.25, 0.3) is 0 Å². The van der Waals surface area contributed by atoms with Crippen LogP contribution in [0.15, 0.2) is 24.3 Å². The zero-order valence-electron chi connectivity index (χ0n) is 10.6. The third kappa shape index (κ3) is 5.15. The largest absolute Gasteiger partial charge is 0.370 e. The highest BCUT2D eigenvalue weighted by Gasteiger charge is 2.18. The van der Waals surface area contributed by atoms with Gasteiger partial charge in [0.25, 0.3) is 0 Å². The van der Waals surface area contributed by atoms with E-state index >= 15 is 0 Å². The summed E-state index contributed by atoms with van der Waals surface area (Å²) in [4.78, 5) is 34.3. The van der Waals surface area contributed by atoms with Crippen LogP contribution < -0.4 is 16.8 Å². The van der Waals surface area contributed by atoms with Crippen LogP contribution in [-0.4, -0.2) is 29.4 Å². The number of imide groups is 1. The van der Waals surface area contributed by atoms with E-state index in [1.54, 1.807) is 24.3 Å². The van der Waals surface area contributed by atoms with Gasteiger partial charge in [-0.3, -0.25) is 4.79 Å². The van der Waals surface area contributed by atoms with Crippen LogP contribution in [0.1, 0.15) is 12.0 Å². The van der Waals surface area contributed by atoms with Crippen LogP contribution in [0.2, 0.25) is 5.02 Å². The van der Waals surface area contributed by atoms with Crippen LogP contribution in [0.3, 0.4) is 0 Å². The van der Waals surface area contributed by atoms with E-state index in [2.05, 4.69) is 5.32 Å². The molecule has 0 aromatic heterocycles. The van der Waals surface area contributed by atoms with Crippen LogP contribution >= 0.6 is 11.6 Å². The molecule has 0 unspecified atom stereocenters. The summed E-state index contributed by atoms with van der Waals surface area (Å²) in [5, 5.41) is 3.10. The lowest BCUT2D eigenvalue weighted by Gasteiger charge is -2.18. The van der Waals surface area contributed by atoms with Crippen molar-refractivity contribution in [2.75, 3.05) is 6.54 Å². The van der Waals surface area contributed by atoms with E-state index in [0.29, 0.717) is 5.02 Å². The maximum Gasteiger partial charge on any atom is 0.325 e. The molecular formula is C12H15ClN4O3. The smallest absolute Gasteiger partial charge is 0.325 e. The van der Waals surface area contributed by atoms with Crippen LogP contribution in [0.4, 0.5) is 9.59 Å². The lowest BCUT2D eigenvalue weighted by Crippen LogP contribution is -2.47. The molecule has 5 N–H and O–H groups in total. The van der Waals surface area contributed by atoms with Crippen molar-refractivity contribution in [1.29, 1.82) is 0 Å². The molecule has 5 amide bonds. The van der Waals surface area contributed by atoms with Gasteiger partial charge in [0.05, 0.1) is 0 Å². The van der Waals surface area contributed by atoms with Crippen molar-refractivity contribution in [3.8, 4) is 0 Å². The summed E-state index contributed by atoms with van der Waals surface area (Å²) in [6.45, 7) is 0.0491. The number of amides is 5. The number of urea groups is 2. The van der Waals surface area contributed by atoms with E-state index < -0.39 is 18.0 Å². The van der Waals surface area contributed by atoms with E-state index in [-0.39, 0.29) is 19.5 Å². The molecule has 0 fully saturated rings. The lowest BCUT2D eigenvalue weighted by atomic mass is 10.2. The minimum atomic E-state index is -0.945. The molecule has 0 spiro atoms. The number of nitrogens with zero attached hydrogens (tertiary/aromatic N) is 1. The summed E-state index contributed by atoms with van der Waals surface area (Å²) in [6.07, 6.45) is -0.142. The molecule has 0 saturated heterocycles. The Morgan fingerprint density at radius 3 is 2.25 bits per heavy atom. The summed E-state index contributed by atoms with van der Waals surface area (Å²) in [5.41, 5.74) is 10.8. The minimum Gasteiger partial charge on any atom is -0.370 e. The Bertz CT molecular complexity index is 504. The lowest BCUT2D eigenvalue weighted by molar-refractivity contribution is -0.118. The van der Waals surface area contributed by atoms with Crippen molar-refractivity contribution in [3.63, 3.8) is 0 Å². The number of primary amides is 2. The summed E-state index contributed by atoms with van der Waals surface area (Å²) in [7, 11) is 0. The molecule has 8 heteroatoms. The Labute approximate surface area is 120 Å². The fourth-order valence-corrected chi connectivity index (χ4v) is 1.54. The van der Waals surface area contributed by atoms with Gasteiger partial charge in [-0.25, -0.2) is 14.5 Å². The first-order valence-corrected chi connectivity index (χ1v) is 6.15. The molecule has 1 aromatic rings. The number of nitrogens with one attached hydrogen (secondary N) is 1. The van der Waals surface area contributed by atoms with Gasteiger partial charge in [-0.05, 0) is 17.7 Å². The Morgan fingerprint density at radius 2 is 1.75 bits per heavy atom. The predicted molar refractivity (Wildman–Crippen MR) is 73.8 cm³/mol. The zero-order chi connectivity index (χ0) is 15.1. The molecule has 0 heterocycles. The fraction of sp³-hybridized carbons (Fsp3) is 0.250. The Balaban J connectivity index is 2.55. The number of carbonyl (C=O) groups excluding carboxylic acids is 3. The van der Waals surface area contributed by atoms with Crippen molar-refractivity contribution in [2.45, 2.75) is 13.0 Å². The number of carbonyl (C=O) groups is 3. The van der Waals surface area contributed by atoms with Gasteiger partial charge in [0.1, 0.15) is 0 Å². The molecule has 0 aliphatic rings. The number of benzene rings is 1. The van der Waals surface area contributed by atoms with Crippen molar-refractivity contribution >= 4 is 29.6 Å². The molecule has 0 atom stereocenters. The highest BCUT2D eigenvalue weighted by atomic mass is 35.5. The molecule has 108 valence electrons. The predicted octanol–water partition coefficient (Wildman–Crippen LogP) is 0.806. The average Bonchev–Trinajstić information content (AvgIpc) is 2.37. The molecular weight excluding hydrogens is 284 g/mol. The summed E-state index contributed by atoms with van der Waals surface area (Å²) >= 11 is 5.74. The first kappa shape index (κ1) is 15.8. The van der Waals surface area contributed by atoms with Gasteiger partial charge in [0.2, 0.25) is 5.91 Å². The van der Waals surface area contributed by atoms with E-state index in [0.717, 1.165) is 10.5 Å². The van der Waals surface area contributed by atoms with Crippen LogP contribution in [0, 0.1) is 0 Å². The average molecular weight is 299 g/mol. The van der Waals surface area contributed by atoms with Crippen molar-refractivity contribution in [1.82, 2.24) is 10.2 Å². The van der Waals surface area contributed by atoms with Gasteiger partial charge in [-0.2, -0.15) is 0 Å². The maximum absolute atomic E-state index is 11.8. The quantitative estimate of drug-likeness (QED) is 0.746. The molecule has 0 aliphatic carbocycles. The highest BCUT2D eigenvalue weighted by Crippen LogP contribution is 2.09. The highest BCUT2D eigenvalue weighted by molar-refractivity contribution is 6.30. The summed E-state index contributed by atoms with van der Waals surface area (Å²) in [6, 6.07) is 5.21. The second-order valence-electron chi connectivity index (χ2n) is 3.99. The van der Waals surface area contributed by atoms with E-state index in [1.807, 2.05) is 0 Å². The van der Waals surface area contributed by atoms with Crippen molar-refractivity contribution < 1.29 is 14.4 Å². The number of hydrogen-bond donors (Lipinski definition) is 3. The zero-order valence-corrected chi connectivity index (χ0v) is 11.4. The molecule has 0 saturated carbocycles. The Kier molecular flexibility index (Phi) is 5.79. The number of hydrogen-bond acceptors (Lipinski definition) is 3. The third-order valence-electron chi connectivity index (χ3n) is 2.45. The third-order valence-corrected chi connectivity index (χ3v) is 2.70. The fourth-order valence-electron chi connectivity index (χ4n) is 1.41. The maximum atomic E-state index is 11.8. The Hall–Kier alpha value is -2.28. The molecule has 1 rings (SSSR count). The molecule has 0 aliphatic heterocycles. The molecule has 0 bridgehead atoms. The molecule has 0 radical (unpaired) electrons. The van der Waals surface area contributed by atoms with Gasteiger partial charge in [-0.1, -0.05) is 23.7 Å². The summed E-state index contributed by atoms with van der Waals surface area (Å²) < 4.78 is 0. The van der Waals surface area contributed by atoms with Gasteiger partial charge in [-0.15, -0.1) is 0 Å². The SMILES string of the molecule is NC(=O)CCN(C(N)=O)C(=O)NCc1ccc(Cl)cc1. The number of nitrogens with two attached hydrogens (primary N) is 2. The molecule has 20 heavy (non-hydrogen) atoms. The van der Waals surface area contributed by atoms with Gasteiger partial charge >= 0.3 is 12.1 Å². The first-order chi connectivity index (χ1) is 9.40. The Morgan fingerprint density at radius 1 is 1.15 bits per heavy atom. The topological polar surface area (TPSA) is 119 Å². The molecule has 7 nitrogen and oxygen atoms in total. The first-order valence-electron chi connectivity index (χ1n) is 5.77. The second kappa shape index (κ2) is 7.34. The molecule has 1 aromatic carbocycles. The standard InChI is InChI=1S/C12H15ClN4O3/c13-9-3-1-8(2-4-9)7-16-12(20)17(11(15)19)6-5-10(14)18/h1-4H,5-7H2,(H2,14,18)(H2,15,19)(H,16,20). The van der Waals surface area contributed by atoms with Gasteiger partial charge in [0, 0.05) is 24.5 Å². The van der Waals surface area contributed by atoms with E-state index in [4.69, 9.17) is 23.1 Å². The number of rotatable bonds is 5. The monoisotopic (exact) mass is 298 g/mol. The summed E-state index contributed by atoms with van der Waals surface area (Å²) in [5.74, 6) is -0.623. The second-order valence-corrected chi connectivity index (χ2v) is 4.43. The number of halogens is 1. The van der Waals surface area contributed by atoms with Gasteiger partial charge in [0.15, 0.2) is 0 Å².